The van der Waals surface area contributed by atoms with Crippen molar-refractivity contribution >= 4 is 18.3 Å². The van der Waals surface area contributed by atoms with Crippen LogP contribution in [0.25, 0.3) is 0 Å². The van der Waals surface area contributed by atoms with Gasteiger partial charge in [0.25, 0.3) is 0 Å². The van der Waals surface area contributed by atoms with Gasteiger partial charge in [0.15, 0.2) is 0 Å². The van der Waals surface area contributed by atoms with Gasteiger partial charge in [0.05, 0.1) is 25.7 Å². The van der Waals surface area contributed by atoms with E-state index in [4.69, 9.17) is 4.74 Å². The number of nitrogens with one attached hydrogen (secondary N) is 1. The van der Waals surface area contributed by atoms with Crippen LogP contribution in [-0.2, 0) is 9.53 Å². The number of carbonyl (C=O) groups excluding carboxylic acids is 1. The zero-order chi connectivity index (χ0) is 14.7. The third-order valence-corrected chi connectivity index (χ3v) is 4.33. The van der Waals surface area contributed by atoms with E-state index in [1.54, 1.807) is 0 Å². The lowest BCUT2D eigenvalue weighted by atomic mass is 10.1. The summed E-state index contributed by atoms with van der Waals surface area (Å²) in [5.41, 5.74) is 1.15. The van der Waals surface area contributed by atoms with Crippen molar-refractivity contribution in [2.45, 2.75) is 31.9 Å². The van der Waals surface area contributed by atoms with Gasteiger partial charge in [-0.05, 0) is 37.8 Å². The Hall–Kier alpha value is -1.10. The fourth-order valence-electron chi connectivity index (χ4n) is 2.78. The molecular formula is C17H25ClN2O2. The minimum atomic E-state index is -0.00483. The molecule has 1 saturated carbocycles. The summed E-state index contributed by atoms with van der Waals surface area (Å²) in [6.07, 6.45) is 2.62. The van der Waals surface area contributed by atoms with Crippen LogP contribution in [0.4, 0.5) is 0 Å². The summed E-state index contributed by atoms with van der Waals surface area (Å²) in [4.78, 5) is 14.4. The van der Waals surface area contributed by atoms with E-state index < -0.39 is 0 Å². The molecule has 0 aromatic heterocycles. The molecule has 1 aliphatic heterocycles. The Morgan fingerprint density at radius 1 is 1.32 bits per heavy atom. The fourth-order valence-corrected chi connectivity index (χ4v) is 2.78. The second-order valence-corrected chi connectivity index (χ2v) is 6.20. The molecule has 2 fully saturated rings. The van der Waals surface area contributed by atoms with E-state index in [9.17, 15) is 4.79 Å². The van der Waals surface area contributed by atoms with Crippen molar-refractivity contribution < 1.29 is 9.53 Å². The SMILES string of the molecule is CC1COC(c2ccccc2)CN1C(=O)CNCC1CC1.Cl. The van der Waals surface area contributed by atoms with Crippen molar-refractivity contribution in [2.24, 2.45) is 5.92 Å². The second-order valence-electron chi connectivity index (χ2n) is 6.20. The van der Waals surface area contributed by atoms with Gasteiger partial charge in [-0.3, -0.25) is 4.79 Å². The van der Waals surface area contributed by atoms with Crippen LogP contribution in [0.5, 0.6) is 0 Å². The Kier molecular flexibility index (Phi) is 6.24. The number of halogens is 1. The molecule has 4 nitrogen and oxygen atoms in total. The second kappa shape index (κ2) is 7.95. The first-order valence-corrected chi connectivity index (χ1v) is 7.91. The quantitative estimate of drug-likeness (QED) is 0.904. The van der Waals surface area contributed by atoms with Gasteiger partial charge in [-0.1, -0.05) is 30.3 Å². The molecule has 0 spiro atoms. The molecule has 3 rings (SSSR count). The maximum atomic E-state index is 12.4. The molecule has 122 valence electrons. The van der Waals surface area contributed by atoms with Gasteiger partial charge < -0.3 is 15.0 Å². The van der Waals surface area contributed by atoms with Gasteiger partial charge in [0.2, 0.25) is 5.91 Å². The van der Waals surface area contributed by atoms with E-state index in [-0.39, 0.29) is 30.5 Å². The van der Waals surface area contributed by atoms with E-state index >= 15 is 0 Å². The lowest BCUT2D eigenvalue weighted by Crippen LogP contribution is -2.51. The molecule has 1 aliphatic carbocycles. The standard InChI is InChI=1S/C17H24N2O2.ClH/c1-13-12-21-16(15-5-3-2-4-6-15)11-19(13)17(20)10-18-9-14-7-8-14;/h2-6,13-14,16,18H,7-12H2,1H3;1H. The Bertz CT molecular complexity index is 479. The normalized spacial score (nSPS) is 24.7. The highest BCUT2D eigenvalue weighted by atomic mass is 35.5. The van der Waals surface area contributed by atoms with E-state index in [0.717, 1.165) is 18.0 Å². The lowest BCUT2D eigenvalue weighted by molar-refractivity contribution is -0.143. The van der Waals surface area contributed by atoms with Crippen molar-refractivity contribution in [3.05, 3.63) is 35.9 Å². The number of rotatable bonds is 5. The lowest BCUT2D eigenvalue weighted by Gasteiger charge is -2.38. The monoisotopic (exact) mass is 324 g/mol. The third-order valence-electron chi connectivity index (χ3n) is 4.33. The molecule has 1 N–H and O–H groups in total. The molecule has 22 heavy (non-hydrogen) atoms. The van der Waals surface area contributed by atoms with Gasteiger partial charge in [-0.15, -0.1) is 12.4 Å². The molecule has 1 heterocycles. The molecule has 5 heteroatoms. The number of nitrogens with zero attached hydrogens (tertiary/aromatic N) is 1. The molecule has 0 bridgehead atoms. The molecule has 2 aliphatic rings. The van der Waals surface area contributed by atoms with Crippen LogP contribution in [0.2, 0.25) is 0 Å². The number of morpholine rings is 1. The summed E-state index contributed by atoms with van der Waals surface area (Å²) in [5, 5.41) is 3.29. The highest BCUT2D eigenvalue weighted by molar-refractivity contribution is 5.85. The summed E-state index contributed by atoms with van der Waals surface area (Å²) < 4.78 is 5.90. The minimum Gasteiger partial charge on any atom is -0.370 e. The highest BCUT2D eigenvalue weighted by Crippen LogP contribution is 2.27. The highest BCUT2D eigenvalue weighted by Gasteiger charge is 2.30. The summed E-state index contributed by atoms with van der Waals surface area (Å²) >= 11 is 0. The molecule has 2 unspecified atom stereocenters. The fraction of sp³-hybridized carbons (Fsp3) is 0.588. The van der Waals surface area contributed by atoms with E-state index in [1.807, 2.05) is 23.1 Å². The number of ether oxygens (including phenoxy) is 1. The summed E-state index contributed by atoms with van der Waals surface area (Å²) in [5.74, 6) is 0.990. The minimum absolute atomic E-state index is 0. The average molecular weight is 325 g/mol. The Morgan fingerprint density at radius 2 is 2.05 bits per heavy atom. The van der Waals surface area contributed by atoms with Crippen LogP contribution in [0.15, 0.2) is 30.3 Å². The van der Waals surface area contributed by atoms with E-state index in [0.29, 0.717) is 19.7 Å². The molecule has 1 aromatic rings. The van der Waals surface area contributed by atoms with Crippen LogP contribution < -0.4 is 5.32 Å². The number of amides is 1. The van der Waals surface area contributed by atoms with Crippen molar-refractivity contribution in [3.63, 3.8) is 0 Å². The van der Waals surface area contributed by atoms with E-state index in [2.05, 4.69) is 24.4 Å². The maximum absolute atomic E-state index is 12.4. The van der Waals surface area contributed by atoms with Gasteiger partial charge >= 0.3 is 0 Å². The first-order valence-electron chi connectivity index (χ1n) is 7.91. The van der Waals surface area contributed by atoms with Gasteiger partial charge in [0, 0.05) is 0 Å². The largest absolute Gasteiger partial charge is 0.370 e. The zero-order valence-electron chi connectivity index (χ0n) is 13.0. The van der Waals surface area contributed by atoms with Gasteiger partial charge in [-0.25, -0.2) is 0 Å². The topological polar surface area (TPSA) is 41.6 Å². The molecule has 2 atom stereocenters. The molecule has 1 amide bonds. The zero-order valence-corrected chi connectivity index (χ0v) is 13.8. The molecule has 1 aromatic carbocycles. The average Bonchev–Trinajstić information content (AvgIpc) is 3.33. The maximum Gasteiger partial charge on any atom is 0.236 e. The van der Waals surface area contributed by atoms with Gasteiger partial charge in [0.1, 0.15) is 6.10 Å². The Morgan fingerprint density at radius 3 is 2.73 bits per heavy atom. The third kappa shape index (κ3) is 4.45. The van der Waals surface area contributed by atoms with Crippen LogP contribution in [0.1, 0.15) is 31.4 Å². The predicted octanol–water partition coefficient (Wildman–Crippen LogP) is 2.40. The summed E-state index contributed by atoms with van der Waals surface area (Å²) in [6.45, 7) is 4.73. The van der Waals surface area contributed by atoms with Gasteiger partial charge in [-0.2, -0.15) is 0 Å². The molecule has 1 saturated heterocycles. The Labute approximate surface area is 138 Å². The van der Waals surface area contributed by atoms with Crippen LogP contribution in [-0.4, -0.2) is 43.1 Å². The van der Waals surface area contributed by atoms with Crippen molar-refractivity contribution in [3.8, 4) is 0 Å². The van der Waals surface area contributed by atoms with Crippen LogP contribution in [0, 0.1) is 5.92 Å². The first-order chi connectivity index (χ1) is 10.2. The summed E-state index contributed by atoms with van der Waals surface area (Å²) in [7, 11) is 0. The van der Waals surface area contributed by atoms with Crippen LogP contribution >= 0.6 is 12.4 Å². The van der Waals surface area contributed by atoms with Crippen molar-refractivity contribution in [1.29, 1.82) is 0 Å². The molecule has 0 radical (unpaired) electrons. The van der Waals surface area contributed by atoms with Crippen LogP contribution in [0.3, 0.4) is 0 Å². The number of hydrogen-bond acceptors (Lipinski definition) is 3. The Balaban J connectivity index is 0.00000176. The summed E-state index contributed by atoms with van der Waals surface area (Å²) in [6, 6.07) is 10.3. The predicted molar refractivity (Wildman–Crippen MR) is 89.2 cm³/mol. The van der Waals surface area contributed by atoms with Crippen molar-refractivity contribution in [1.82, 2.24) is 10.2 Å². The van der Waals surface area contributed by atoms with E-state index in [1.165, 1.54) is 12.8 Å². The first kappa shape index (κ1) is 17.3. The number of benzene rings is 1. The number of carbonyl (C=O) groups is 1. The smallest absolute Gasteiger partial charge is 0.236 e. The molecular weight excluding hydrogens is 300 g/mol. The number of hydrogen-bond donors (Lipinski definition) is 1. The van der Waals surface area contributed by atoms with Crippen molar-refractivity contribution in [2.75, 3.05) is 26.2 Å².